The predicted molar refractivity (Wildman–Crippen MR) is 119 cm³/mol. The Balaban J connectivity index is 0.00000576. The topological polar surface area (TPSA) is 65.5 Å². The molecular weight excluding hydrogens is 447 g/mol. The molecule has 1 aromatic carbocycles. The lowest BCUT2D eigenvalue weighted by molar-refractivity contribution is -0.121. The molecule has 0 radical (unpaired) electrons. The van der Waals surface area contributed by atoms with Crippen molar-refractivity contribution < 1.29 is 4.79 Å². The molecule has 1 atom stereocenters. The average Bonchev–Trinajstić information content (AvgIpc) is 2.49. The second-order valence-corrected chi connectivity index (χ2v) is 8.13. The third-order valence-corrected chi connectivity index (χ3v) is 3.99. The molecule has 0 saturated carbocycles. The Morgan fingerprint density at radius 3 is 2.40 bits per heavy atom. The Morgan fingerprint density at radius 1 is 1.20 bits per heavy atom. The number of nitrogens with zero attached hydrogens (tertiary/aromatic N) is 1. The smallest absolute Gasteiger partial charge is 0.242 e. The number of amides is 1. The lowest BCUT2D eigenvalue weighted by Gasteiger charge is -2.20. The molecule has 0 heterocycles. The van der Waals surface area contributed by atoms with Crippen LogP contribution in [0, 0.1) is 0 Å². The maximum absolute atomic E-state index is 11.9. The normalized spacial score (nSPS) is 12.8. The highest BCUT2D eigenvalue weighted by atomic mass is 127. The molecule has 0 aromatic heterocycles. The van der Waals surface area contributed by atoms with Crippen LogP contribution in [0.25, 0.3) is 0 Å². The minimum atomic E-state index is -0.237. The van der Waals surface area contributed by atoms with Gasteiger partial charge in [0.05, 0.1) is 0 Å². The lowest BCUT2D eigenvalue weighted by Crippen LogP contribution is -2.44. The van der Waals surface area contributed by atoms with Gasteiger partial charge in [0.1, 0.15) is 6.54 Å². The van der Waals surface area contributed by atoms with Gasteiger partial charge in [-0.25, -0.2) is 4.99 Å². The number of nitrogens with one attached hydrogen (secondary N) is 3. The number of hydrogen-bond acceptors (Lipinski definition) is 3. The van der Waals surface area contributed by atoms with E-state index in [2.05, 4.69) is 40.0 Å². The van der Waals surface area contributed by atoms with Crippen molar-refractivity contribution in [2.45, 2.75) is 50.3 Å². The van der Waals surface area contributed by atoms with Gasteiger partial charge in [0, 0.05) is 28.8 Å². The minimum Gasteiger partial charge on any atom is -0.357 e. The van der Waals surface area contributed by atoms with Gasteiger partial charge in [0.2, 0.25) is 5.91 Å². The third-order valence-electron chi connectivity index (χ3n) is 2.88. The zero-order valence-corrected chi connectivity index (χ0v) is 18.9. The molecule has 0 saturated heterocycles. The summed E-state index contributed by atoms with van der Waals surface area (Å²) in [6, 6.07) is 10.3. The fourth-order valence-corrected chi connectivity index (χ4v) is 2.91. The number of thioether (sulfide) groups is 1. The number of hydrogen-bond donors (Lipinski definition) is 3. The molecule has 0 spiro atoms. The van der Waals surface area contributed by atoms with E-state index in [0.29, 0.717) is 11.2 Å². The average molecular weight is 478 g/mol. The molecule has 0 aliphatic heterocycles. The summed E-state index contributed by atoms with van der Waals surface area (Å²) in [4.78, 5) is 17.5. The second-order valence-electron chi connectivity index (χ2n) is 6.62. The van der Waals surface area contributed by atoms with E-state index in [1.54, 1.807) is 0 Å². The SMILES string of the molecule is CCNC(=NCC(=O)NC(C)(C)C)NCC(C)Sc1ccccc1.I. The van der Waals surface area contributed by atoms with Gasteiger partial charge in [-0.15, -0.1) is 35.7 Å². The number of guanidine groups is 1. The number of carbonyl (C=O) groups excluding carboxylic acids is 1. The number of rotatable bonds is 7. The Hall–Kier alpha value is -0.960. The van der Waals surface area contributed by atoms with Gasteiger partial charge in [-0.2, -0.15) is 0 Å². The quantitative estimate of drug-likeness (QED) is 0.244. The van der Waals surface area contributed by atoms with E-state index in [0.717, 1.165) is 13.1 Å². The molecule has 0 aliphatic rings. The predicted octanol–water partition coefficient (Wildman–Crippen LogP) is 3.26. The van der Waals surface area contributed by atoms with Crippen LogP contribution in [-0.4, -0.2) is 42.3 Å². The summed E-state index contributed by atoms with van der Waals surface area (Å²) < 4.78 is 0. The molecule has 25 heavy (non-hydrogen) atoms. The number of benzene rings is 1. The highest BCUT2D eigenvalue weighted by Crippen LogP contribution is 2.21. The van der Waals surface area contributed by atoms with Crippen LogP contribution in [0.4, 0.5) is 0 Å². The monoisotopic (exact) mass is 478 g/mol. The van der Waals surface area contributed by atoms with E-state index in [9.17, 15) is 4.79 Å². The number of aliphatic imine (C=N–C) groups is 1. The van der Waals surface area contributed by atoms with Crippen LogP contribution in [0.3, 0.4) is 0 Å². The summed E-state index contributed by atoms with van der Waals surface area (Å²) in [5.74, 6) is 0.591. The van der Waals surface area contributed by atoms with E-state index in [4.69, 9.17) is 0 Å². The summed E-state index contributed by atoms with van der Waals surface area (Å²) in [6.45, 7) is 11.7. The van der Waals surface area contributed by atoms with Crippen molar-refractivity contribution >= 4 is 47.6 Å². The summed E-state index contributed by atoms with van der Waals surface area (Å²) in [7, 11) is 0. The standard InChI is InChI=1S/C18H30N4OS.HI/c1-6-19-17(21-13-16(23)22-18(3,4)5)20-12-14(2)24-15-10-8-7-9-11-15;/h7-11,14H,6,12-13H2,1-5H3,(H,22,23)(H2,19,20,21);1H. The first-order chi connectivity index (χ1) is 11.3. The molecule has 1 unspecified atom stereocenters. The third kappa shape index (κ3) is 12.1. The van der Waals surface area contributed by atoms with Crippen LogP contribution in [0.15, 0.2) is 40.2 Å². The van der Waals surface area contributed by atoms with Gasteiger partial charge in [-0.05, 0) is 39.8 Å². The molecule has 1 rings (SSSR count). The highest BCUT2D eigenvalue weighted by Gasteiger charge is 2.13. The van der Waals surface area contributed by atoms with Gasteiger partial charge in [0.25, 0.3) is 0 Å². The molecule has 0 aliphatic carbocycles. The van der Waals surface area contributed by atoms with Crippen molar-refractivity contribution in [3.8, 4) is 0 Å². The first kappa shape index (κ1) is 24.0. The van der Waals surface area contributed by atoms with Crippen molar-refractivity contribution in [1.29, 1.82) is 0 Å². The van der Waals surface area contributed by atoms with Crippen molar-refractivity contribution in [2.24, 2.45) is 4.99 Å². The summed E-state index contributed by atoms with van der Waals surface area (Å²) in [6.07, 6.45) is 0. The van der Waals surface area contributed by atoms with E-state index < -0.39 is 0 Å². The zero-order valence-electron chi connectivity index (χ0n) is 15.8. The molecule has 1 aromatic rings. The summed E-state index contributed by atoms with van der Waals surface area (Å²) in [5, 5.41) is 9.76. The lowest BCUT2D eigenvalue weighted by atomic mass is 10.1. The molecule has 0 bridgehead atoms. The Bertz CT molecular complexity index is 532. The van der Waals surface area contributed by atoms with Crippen LogP contribution in [0.5, 0.6) is 0 Å². The van der Waals surface area contributed by atoms with E-state index >= 15 is 0 Å². The van der Waals surface area contributed by atoms with Crippen molar-refractivity contribution in [2.75, 3.05) is 19.6 Å². The number of carbonyl (C=O) groups is 1. The zero-order chi connectivity index (χ0) is 18.0. The minimum absolute atomic E-state index is 0. The van der Waals surface area contributed by atoms with Gasteiger partial charge < -0.3 is 16.0 Å². The Morgan fingerprint density at radius 2 is 1.84 bits per heavy atom. The Kier molecular flexibility index (Phi) is 11.9. The maximum atomic E-state index is 11.9. The molecule has 3 N–H and O–H groups in total. The highest BCUT2D eigenvalue weighted by molar-refractivity contribution is 14.0. The van der Waals surface area contributed by atoms with Crippen LogP contribution in [-0.2, 0) is 4.79 Å². The first-order valence-corrected chi connectivity index (χ1v) is 9.23. The van der Waals surface area contributed by atoms with E-state index in [1.165, 1.54) is 4.90 Å². The second kappa shape index (κ2) is 12.4. The summed E-state index contributed by atoms with van der Waals surface area (Å²) >= 11 is 1.81. The van der Waals surface area contributed by atoms with Crippen molar-refractivity contribution in [3.05, 3.63) is 30.3 Å². The molecule has 7 heteroatoms. The molecular formula is C18H31IN4OS. The summed E-state index contributed by atoms with van der Waals surface area (Å²) in [5.41, 5.74) is -0.237. The van der Waals surface area contributed by atoms with Gasteiger partial charge in [0.15, 0.2) is 5.96 Å². The number of halogens is 1. The van der Waals surface area contributed by atoms with Crippen LogP contribution < -0.4 is 16.0 Å². The fourth-order valence-electron chi connectivity index (χ4n) is 1.96. The largest absolute Gasteiger partial charge is 0.357 e. The molecule has 5 nitrogen and oxygen atoms in total. The van der Waals surface area contributed by atoms with Crippen LogP contribution >= 0.6 is 35.7 Å². The molecule has 142 valence electrons. The molecule has 1 amide bonds. The fraction of sp³-hybridized carbons (Fsp3) is 0.556. The van der Waals surface area contributed by atoms with Crippen LogP contribution in [0.1, 0.15) is 34.6 Å². The Labute approximate surface area is 173 Å². The van der Waals surface area contributed by atoms with E-state index in [-0.39, 0.29) is 42.0 Å². The van der Waals surface area contributed by atoms with Gasteiger partial charge in [-0.3, -0.25) is 4.79 Å². The van der Waals surface area contributed by atoms with Crippen LogP contribution in [0.2, 0.25) is 0 Å². The van der Waals surface area contributed by atoms with Crippen molar-refractivity contribution in [3.63, 3.8) is 0 Å². The van der Waals surface area contributed by atoms with Gasteiger partial charge >= 0.3 is 0 Å². The first-order valence-electron chi connectivity index (χ1n) is 8.35. The maximum Gasteiger partial charge on any atom is 0.242 e. The van der Waals surface area contributed by atoms with Crippen molar-refractivity contribution in [1.82, 2.24) is 16.0 Å². The molecule has 0 fully saturated rings. The van der Waals surface area contributed by atoms with Gasteiger partial charge in [-0.1, -0.05) is 25.1 Å². The van der Waals surface area contributed by atoms with E-state index in [1.807, 2.05) is 57.7 Å².